The number of rotatable bonds is 12. The van der Waals surface area contributed by atoms with Crippen LogP contribution in [0.25, 0.3) is 44.7 Å². The van der Waals surface area contributed by atoms with Crippen molar-refractivity contribution >= 4 is 46.2 Å². The Morgan fingerprint density at radius 2 is 1.46 bits per heavy atom. The number of methoxy groups -OCH3 is 2. The highest BCUT2D eigenvalue weighted by molar-refractivity contribution is 7.12. The van der Waals surface area contributed by atoms with Gasteiger partial charge in [-0.2, -0.15) is 0 Å². The van der Waals surface area contributed by atoms with Gasteiger partial charge in [0.25, 0.3) is 0 Å². The number of aromatic amines is 2. The standard InChI is InChI=1S/C54H65N9O8S/c1-9-36-15-17-44(72-36)52-63-39-16-14-32(37-26-55-48(57-37)41-13-11-19-62(41)51(65)47(60-54(67)69-8)35-21-30(5)70-31(6)22-35)23-34(39)24-42(63)45-29(4)20-33(25-43(45)71-52)38-27-56-49(58-38)40-12-10-18-61(40)50(64)46(28(2)3)59-53(66)68-7/h14-17,20,23-28,30-31,35,40-41,46-47,52H,9-13,18-19,21-22H2,1-8H3,(H,55,57)(H,56,58)(H,59,66)(H,60,67)/t30-,31-,40+,41+,46+,47?,52?/m1/s1. The number of carbonyl (C=O) groups excluding carboxylic acids is 4. The van der Waals surface area contributed by atoms with E-state index >= 15 is 0 Å². The largest absolute Gasteiger partial charge is 0.464 e. The predicted molar refractivity (Wildman–Crippen MR) is 273 cm³/mol. The summed E-state index contributed by atoms with van der Waals surface area (Å²) >= 11 is 1.75. The number of H-pyrrole nitrogens is 2. The molecule has 17 nitrogen and oxygen atoms in total. The summed E-state index contributed by atoms with van der Waals surface area (Å²) in [6.07, 6.45) is 7.29. The summed E-state index contributed by atoms with van der Waals surface area (Å²) in [5.41, 5.74) is 7.64. The second-order valence-corrected chi connectivity index (χ2v) is 21.4. The number of alkyl carbamates (subject to hydrolysis) is 2. The molecule has 4 amide bonds. The lowest BCUT2D eigenvalue weighted by molar-refractivity contribution is -0.138. The molecule has 0 spiro atoms. The summed E-state index contributed by atoms with van der Waals surface area (Å²) in [6, 6.07) is 15.3. The zero-order valence-electron chi connectivity index (χ0n) is 42.2. The molecule has 2 aromatic carbocycles. The molecule has 0 aliphatic carbocycles. The van der Waals surface area contributed by atoms with Crippen LogP contribution in [0.3, 0.4) is 0 Å². The first-order chi connectivity index (χ1) is 34.7. The third kappa shape index (κ3) is 9.23. The molecule has 6 aromatic rings. The average Bonchev–Trinajstić information content (AvgIpc) is 4.23. The molecule has 8 heterocycles. The summed E-state index contributed by atoms with van der Waals surface area (Å²) in [6.45, 7) is 13.2. The minimum atomic E-state index is -0.742. The number of hydrogen-bond acceptors (Lipinski definition) is 11. The summed E-state index contributed by atoms with van der Waals surface area (Å²) in [5, 5.41) is 6.66. The van der Waals surface area contributed by atoms with E-state index < -0.39 is 30.5 Å². The lowest BCUT2D eigenvalue weighted by Gasteiger charge is -2.38. The van der Waals surface area contributed by atoms with Crippen LogP contribution in [0, 0.1) is 18.8 Å². The van der Waals surface area contributed by atoms with Crippen molar-refractivity contribution in [2.24, 2.45) is 11.8 Å². The molecule has 10 rings (SSSR count). The summed E-state index contributed by atoms with van der Waals surface area (Å²) in [7, 11) is 2.61. The molecule has 4 N–H and O–H groups in total. The normalized spacial score (nSPS) is 22.6. The molecule has 7 atom stereocenters. The number of carbonyl (C=O) groups is 4. The fourth-order valence-electron chi connectivity index (χ4n) is 11.5. The van der Waals surface area contributed by atoms with E-state index in [9.17, 15) is 19.2 Å². The van der Waals surface area contributed by atoms with Crippen LogP contribution in [0.2, 0.25) is 0 Å². The van der Waals surface area contributed by atoms with Crippen LogP contribution in [-0.4, -0.2) is 110 Å². The van der Waals surface area contributed by atoms with Crippen LogP contribution in [0.1, 0.15) is 118 Å². The van der Waals surface area contributed by atoms with Gasteiger partial charge in [0, 0.05) is 40.0 Å². The second-order valence-electron chi connectivity index (χ2n) is 20.2. The number of thiophene rings is 1. The molecule has 3 fully saturated rings. The fourth-order valence-corrected chi connectivity index (χ4v) is 12.5. The highest BCUT2D eigenvalue weighted by Crippen LogP contribution is 2.49. The molecule has 380 valence electrons. The summed E-state index contributed by atoms with van der Waals surface area (Å²) in [5.74, 6) is 1.65. The van der Waals surface area contributed by atoms with Gasteiger partial charge >= 0.3 is 12.2 Å². The third-order valence-electron chi connectivity index (χ3n) is 15.0. The van der Waals surface area contributed by atoms with Gasteiger partial charge in [0.05, 0.1) is 78.4 Å². The second kappa shape index (κ2) is 20.1. The Balaban J connectivity index is 0.945. The Kier molecular flexibility index (Phi) is 13.7. The van der Waals surface area contributed by atoms with E-state index in [0.717, 1.165) is 93.0 Å². The number of ether oxygens (including phenoxy) is 4. The van der Waals surface area contributed by atoms with Crippen molar-refractivity contribution in [3.63, 3.8) is 0 Å². The lowest BCUT2D eigenvalue weighted by Crippen LogP contribution is -2.54. The lowest BCUT2D eigenvalue weighted by atomic mass is 9.85. The van der Waals surface area contributed by atoms with E-state index in [1.165, 1.54) is 19.1 Å². The average molecular weight is 1000 g/mol. The summed E-state index contributed by atoms with van der Waals surface area (Å²) in [4.78, 5) is 76.0. The van der Waals surface area contributed by atoms with Crippen molar-refractivity contribution in [3.05, 3.63) is 87.9 Å². The maximum Gasteiger partial charge on any atom is 0.407 e. The first-order valence-corrected chi connectivity index (χ1v) is 26.2. The minimum Gasteiger partial charge on any atom is -0.464 e. The van der Waals surface area contributed by atoms with E-state index in [1.54, 1.807) is 11.3 Å². The number of fused-ring (bicyclic) bond motifs is 5. The van der Waals surface area contributed by atoms with E-state index in [2.05, 4.69) is 87.5 Å². The predicted octanol–water partition coefficient (Wildman–Crippen LogP) is 9.60. The SMILES string of the molecule is CCc1ccc(C2Oc3cc(-c4cnc([C@@H]5CCCN5C(=O)[C@@H](NC(=O)OC)C(C)C)[nH]4)cc(C)c3-c3cc4cc(-c5cnc([C@@H]6CCCN6C(=O)C(NC(=O)OC)C6C[C@@H](C)O[C@H](C)C6)[nH]5)ccc4n32)s1. The molecule has 72 heavy (non-hydrogen) atoms. The molecular weight excluding hydrogens is 935 g/mol. The van der Waals surface area contributed by atoms with Crippen molar-refractivity contribution in [1.29, 1.82) is 0 Å². The molecule has 4 aromatic heterocycles. The summed E-state index contributed by atoms with van der Waals surface area (Å²) < 4.78 is 25.2. The number of hydrogen-bond donors (Lipinski definition) is 4. The Morgan fingerprint density at radius 1 is 0.819 bits per heavy atom. The molecule has 2 unspecified atom stereocenters. The first-order valence-electron chi connectivity index (χ1n) is 25.3. The number of aryl methyl sites for hydroxylation is 2. The number of aromatic nitrogens is 5. The molecule has 4 aliphatic heterocycles. The Bertz CT molecular complexity index is 3000. The number of amides is 4. The topological polar surface area (TPSA) is 198 Å². The maximum absolute atomic E-state index is 14.4. The number of benzene rings is 2. The van der Waals surface area contributed by atoms with Crippen LogP contribution in [0.15, 0.2) is 60.9 Å². The molecule has 0 radical (unpaired) electrons. The highest BCUT2D eigenvalue weighted by Gasteiger charge is 2.43. The number of nitrogens with one attached hydrogen (secondary N) is 4. The van der Waals surface area contributed by atoms with E-state index in [4.69, 9.17) is 28.9 Å². The highest BCUT2D eigenvalue weighted by atomic mass is 32.1. The van der Waals surface area contributed by atoms with Gasteiger partial charge in [-0.25, -0.2) is 19.6 Å². The molecular formula is C54H65N9O8S. The Labute approximate surface area is 423 Å². The quantitative estimate of drug-likeness (QED) is 0.0916. The van der Waals surface area contributed by atoms with Gasteiger partial charge < -0.3 is 49.3 Å². The fraction of sp³-hybridized carbons (Fsp3) is 0.481. The van der Waals surface area contributed by atoms with Crippen molar-refractivity contribution in [3.8, 4) is 39.5 Å². The van der Waals surface area contributed by atoms with Crippen LogP contribution in [-0.2, 0) is 30.2 Å². The van der Waals surface area contributed by atoms with Gasteiger partial charge in [0.2, 0.25) is 18.0 Å². The van der Waals surface area contributed by atoms with Gasteiger partial charge in [-0.3, -0.25) is 14.2 Å². The van der Waals surface area contributed by atoms with Gasteiger partial charge in [-0.1, -0.05) is 26.8 Å². The first kappa shape index (κ1) is 48.9. The van der Waals surface area contributed by atoms with Crippen LogP contribution in [0.4, 0.5) is 9.59 Å². The van der Waals surface area contributed by atoms with E-state index in [0.29, 0.717) is 37.6 Å². The number of likely N-dealkylation sites (tertiary alicyclic amines) is 2. The molecule has 0 bridgehead atoms. The molecule has 0 saturated carbocycles. The van der Waals surface area contributed by atoms with Gasteiger partial charge in [-0.05, 0) is 126 Å². The van der Waals surface area contributed by atoms with Gasteiger partial charge in [0.1, 0.15) is 29.5 Å². The molecule has 4 aliphatic rings. The molecule has 3 saturated heterocycles. The Morgan fingerprint density at radius 3 is 2.08 bits per heavy atom. The van der Waals surface area contributed by atoms with Crippen LogP contribution >= 0.6 is 11.3 Å². The smallest absolute Gasteiger partial charge is 0.407 e. The van der Waals surface area contributed by atoms with Crippen molar-refractivity contribution < 1.29 is 38.1 Å². The van der Waals surface area contributed by atoms with Crippen LogP contribution < -0.4 is 15.4 Å². The number of nitrogens with zero attached hydrogens (tertiary/aromatic N) is 5. The van der Waals surface area contributed by atoms with Crippen molar-refractivity contribution in [2.75, 3.05) is 27.3 Å². The Hall–Kier alpha value is -6.66. The van der Waals surface area contributed by atoms with E-state index in [1.807, 2.05) is 49.9 Å². The van der Waals surface area contributed by atoms with Crippen LogP contribution in [0.5, 0.6) is 5.75 Å². The zero-order valence-corrected chi connectivity index (χ0v) is 43.1. The van der Waals surface area contributed by atoms with Gasteiger partial charge in [0.15, 0.2) is 0 Å². The molecule has 18 heteroatoms. The zero-order chi connectivity index (χ0) is 50.5. The van der Waals surface area contributed by atoms with Gasteiger partial charge in [-0.15, -0.1) is 11.3 Å². The van der Waals surface area contributed by atoms with E-state index in [-0.39, 0.29) is 47.9 Å². The monoisotopic (exact) mass is 999 g/mol. The third-order valence-corrected chi connectivity index (χ3v) is 16.2. The van der Waals surface area contributed by atoms with Crippen molar-refractivity contribution in [1.82, 2.24) is 44.9 Å². The van der Waals surface area contributed by atoms with Crippen molar-refractivity contribution in [2.45, 2.75) is 129 Å². The maximum atomic E-state index is 14.4. The number of imidazole rings is 2. The minimum absolute atomic E-state index is 0.0319.